The van der Waals surface area contributed by atoms with Crippen molar-refractivity contribution >= 4 is 38.2 Å². The number of esters is 1. The largest absolute Gasteiger partial charge is 0.456 e. The van der Waals surface area contributed by atoms with Gasteiger partial charge in [0.25, 0.3) is 5.56 Å². The first-order valence-corrected chi connectivity index (χ1v) is 8.21. The van der Waals surface area contributed by atoms with Crippen LogP contribution in [0.5, 0.6) is 0 Å². The second kappa shape index (κ2) is 5.90. The van der Waals surface area contributed by atoms with E-state index in [1.54, 1.807) is 35.6 Å². The lowest BCUT2D eigenvalue weighted by Gasteiger charge is -2.06. The number of carbonyl (C=O) groups is 1. The van der Waals surface area contributed by atoms with E-state index in [2.05, 4.69) is 10.2 Å². The average Bonchev–Trinajstić information content (AvgIpc) is 3.03. The van der Waals surface area contributed by atoms with Crippen LogP contribution in [0.15, 0.2) is 58.7 Å². The monoisotopic (exact) mass is 336 g/mol. The smallest absolute Gasteiger partial charge is 0.359 e. The summed E-state index contributed by atoms with van der Waals surface area (Å²) in [6.07, 6.45) is 0. The Hall–Kier alpha value is -2.99. The highest BCUT2D eigenvalue weighted by Crippen LogP contribution is 2.26. The fraction of sp³-hybridized carbons (Fsp3) is 0.0556. The number of fused-ring (bicyclic) bond motifs is 2. The van der Waals surface area contributed by atoms with E-state index in [0.717, 1.165) is 15.6 Å². The van der Waals surface area contributed by atoms with Crippen molar-refractivity contribution in [3.8, 4) is 0 Å². The number of aromatic amines is 1. The molecule has 1 N–H and O–H groups in total. The highest BCUT2D eigenvalue weighted by molar-refractivity contribution is 7.17. The zero-order valence-electron chi connectivity index (χ0n) is 12.5. The molecule has 4 aromatic rings. The first kappa shape index (κ1) is 14.6. The van der Waals surface area contributed by atoms with Gasteiger partial charge in [0.15, 0.2) is 5.69 Å². The molecule has 24 heavy (non-hydrogen) atoms. The number of nitrogens with zero attached hydrogens (tertiary/aromatic N) is 1. The number of H-pyrrole nitrogens is 1. The third kappa shape index (κ3) is 2.47. The van der Waals surface area contributed by atoms with Crippen LogP contribution < -0.4 is 5.56 Å². The minimum Gasteiger partial charge on any atom is -0.456 e. The number of benzene rings is 2. The van der Waals surface area contributed by atoms with Crippen molar-refractivity contribution in [3.63, 3.8) is 0 Å². The summed E-state index contributed by atoms with van der Waals surface area (Å²) in [5.74, 6) is -0.558. The Morgan fingerprint density at radius 1 is 1.04 bits per heavy atom. The van der Waals surface area contributed by atoms with Crippen LogP contribution in [0.3, 0.4) is 0 Å². The van der Waals surface area contributed by atoms with Crippen molar-refractivity contribution < 1.29 is 9.53 Å². The maximum atomic E-state index is 12.4. The molecule has 0 radical (unpaired) electrons. The third-order valence-electron chi connectivity index (χ3n) is 3.81. The summed E-state index contributed by atoms with van der Waals surface area (Å²) in [5, 5.41) is 10.2. The van der Waals surface area contributed by atoms with Gasteiger partial charge in [-0.3, -0.25) is 4.79 Å². The normalized spacial score (nSPS) is 11.0. The molecule has 0 aliphatic heterocycles. The Kier molecular flexibility index (Phi) is 3.59. The van der Waals surface area contributed by atoms with E-state index >= 15 is 0 Å². The van der Waals surface area contributed by atoms with Crippen LogP contribution in [-0.2, 0) is 11.3 Å². The molecule has 0 aliphatic rings. The fourth-order valence-electron chi connectivity index (χ4n) is 2.63. The fourth-order valence-corrected chi connectivity index (χ4v) is 3.57. The van der Waals surface area contributed by atoms with Gasteiger partial charge in [0.1, 0.15) is 6.61 Å². The van der Waals surface area contributed by atoms with Gasteiger partial charge < -0.3 is 4.74 Å². The van der Waals surface area contributed by atoms with Crippen molar-refractivity contribution in [2.75, 3.05) is 0 Å². The molecule has 0 atom stereocenters. The number of rotatable bonds is 3. The van der Waals surface area contributed by atoms with E-state index in [-0.39, 0.29) is 17.9 Å². The van der Waals surface area contributed by atoms with Crippen molar-refractivity contribution in [2.24, 2.45) is 0 Å². The number of nitrogens with one attached hydrogen (secondary N) is 1. The molecule has 4 rings (SSSR count). The molecular formula is C18H12N2O3S. The van der Waals surface area contributed by atoms with Crippen LogP contribution in [0, 0.1) is 0 Å². The zero-order valence-corrected chi connectivity index (χ0v) is 13.3. The van der Waals surface area contributed by atoms with Crippen LogP contribution >= 0.6 is 11.3 Å². The van der Waals surface area contributed by atoms with E-state index in [4.69, 9.17) is 4.74 Å². The number of hydrogen-bond donors (Lipinski definition) is 1. The quantitative estimate of drug-likeness (QED) is 0.581. The first-order valence-electron chi connectivity index (χ1n) is 7.34. The summed E-state index contributed by atoms with van der Waals surface area (Å²) in [7, 11) is 0. The maximum absolute atomic E-state index is 12.4. The number of hydrogen-bond acceptors (Lipinski definition) is 5. The van der Waals surface area contributed by atoms with Crippen molar-refractivity contribution in [1.29, 1.82) is 0 Å². The molecule has 0 aliphatic carbocycles. The van der Waals surface area contributed by atoms with E-state index in [1.807, 2.05) is 29.6 Å². The minimum atomic E-state index is -0.558. The lowest BCUT2D eigenvalue weighted by atomic mass is 10.1. The lowest BCUT2D eigenvalue weighted by molar-refractivity contribution is 0.0469. The predicted molar refractivity (Wildman–Crippen MR) is 93.3 cm³/mol. The highest BCUT2D eigenvalue weighted by Gasteiger charge is 2.16. The van der Waals surface area contributed by atoms with Crippen LogP contribution in [0.2, 0.25) is 0 Å². The van der Waals surface area contributed by atoms with Gasteiger partial charge in [-0.1, -0.05) is 36.4 Å². The number of thiophene rings is 1. The van der Waals surface area contributed by atoms with E-state index in [0.29, 0.717) is 10.8 Å². The summed E-state index contributed by atoms with van der Waals surface area (Å²) in [5.41, 5.74) is 0.744. The molecule has 0 fully saturated rings. The van der Waals surface area contributed by atoms with Crippen molar-refractivity contribution in [3.05, 3.63) is 75.5 Å². The summed E-state index contributed by atoms with van der Waals surface area (Å²) in [6, 6.07) is 14.8. The van der Waals surface area contributed by atoms with Crippen molar-refractivity contribution in [2.45, 2.75) is 6.61 Å². The van der Waals surface area contributed by atoms with Crippen LogP contribution in [0.1, 0.15) is 16.1 Å². The van der Waals surface area contributed by atoms with Crippen LogP contribution in [-0.4, -0.2) is 16.2 Å². The number of carbonyl (C=O) groups excluding carboxylic acids is 1. The first-order chi connectivity index (χ1) is 11.7. The molecule has 0 saturated carbocycles. The van der Waals surface area contributed by atoms with Gasteiger partial charge in [-0.05, 0) is 22.9 Å². The lowest BCUT2D eigenvalue weighted by Crippen LogP contribution is -2.16. The van der Waals surface area contributed by atoms with Gasteiger partial charge in [0.05, 0.1) is 5.39 Å². The molecule has 2 aromatic heterocycles. The van der Waals surface area contributed by atoms with Gasteiger partial charge in [0, 0.05) is 15.6 Å². The Bertz CT molecular complexity index is 1110. The summed E-state index contributed by atoms with van der Waals surface area (Å²) in [6.45, 7) is 0.165. The summed E-state index contributed by atoms with van der Waals surface area (Å²) in [4.78, 5) is 24.2. The minimum absolute atomic E-state index is 0.115. The Balaban J connectivity index is 1.63. The molecule has 2 aromatic carbocycles. The molecule has 118 valence electrons. The average molecular weight is 336 g/mol. The molecule has 0 bridgehead atoms. The van der Waals surface area contributed by atoms with E-state index in [1.165, 1.54) is 0 Å². The molecule has 2 heterocycles. The SMILES string of the molecule is O=C(OCc1csc2ccccc12)c1n[nH]c(=O)c2ccccc12. The zero-order chi connectivity index (χ0) is 16.5. The predicted octanol–water partition coefficient (Wildman–Crippen LogP) is 3.49. The molecule has 6 heteroatoms. The molecule has 0 spiro atoms. The van der Waals surface area contributed by atoms with E-state index < -0.39 is 5.97 Å². The van der Waals surface area contributed by atoms with Gasteiger partial charge >= 0.3 is 5.97 Å². The number of aromatic nitrogens is 2. The molecule has 0 saturated heterocycles. The second-order valence-corrected chi connectivity index (χ2v) is 6.19. The van der Waals surface area contributed by atoms with Crippen LogP contribution in [0.4, 0.5) is 0 Å². The van der Waals surface area contributed by atoms with Gasteiger partial charge in [-0.15, -0.1) is 11.3 Å². The van der Waals surface area contributed by atoms with Crippen LogP contribution in [0.25, 0.3) is 20.9 Å². The summed E-state index contributed by atoms with van der Waals surface area (Å²) >= 11 is 1.61. The Morgan fingerprint density at radius 2 is 1.75 bits per heavy atom. The van der Waals surface area contributed by atoms with Gasteiger partial charge in [-0.2, -0.15) is 5.10 Å². The Morgan fingerprint density at radius 3 is 2.58 bits per heavy atom. The highest BCUT2D eigenvalue weighted by atomic mass is 32.1. The van der Waals surface area contributed by atoms with Crippen molar-refractivity contribution in [1.82, 2.24) is 10.2 Å². The molecule has 5 nitrogen and oxygen atoms in total. The molecular weight excluding hydrogens is 324 g/mol. The number of ether oxygens (including phenoxy) is 1. The van der Waals surface area contributed by atoms with E-state index in [9.17, 15) is 9.59 Å². The van der Waals surface area contributed by atoms with Gasteiger partial charge in [0.2, 0.25) is 0 Å². The second-order valence-electron chi connectivity index (χ2n) is 5.28. The third-order valence-corrected chi connectivity index (χ3v) is 4.82. The maximum Gasteiger partial charge on any atom is 0.359 e. The standard InChI is InChI=1S/C18H12N2O3S/c21-17-14-7-2-1-6-13(14)16(19-20-17)18(22)23-9-11-10-24-15-8-4-3-5-12(11)15/h1-8,10H,9H2,(H,20,21). The Labute approximate surface area is 140 Å². The summed E-state index contributed by atoms with van der Waals surface area (Å²) < 4.78 is 6.56. The topological polar surface area (TPSA) is 72.0 Å². The molecule has 0 unspecified atom stereocenters. The molecule has 0 amide bonds. The van der Waals surface area contributed by atoms with Gasteiger partial charge in [-0.25, -0.2) is 9.89 Å².